The van der Waals surface area contributed by atoms with Crippen molar-refractivity contribution in [1.29, 1.82) is 0 Å². The van der Waals surface area contributed by atoms with E-state index in [1.807, 2.05) is 6.07 Å². The van der Waals surface area contributed by atoms with Gasteiger partial charge in [-0.15, -0.1) is 0 Å². The second-order valence-electron chi connectivity index (χ2n) is 4.72. The molecule has 0 aliphatic rings. The molecule has 0 atom stereocenters. The molecule has 0 saturated heterocycles. The number of hydrogen-bond acceptors (Lipinski definition) is 3. The highest BCUT2D eigenvalue weighted by Crippen LogP contribution is 2.21. The van der Waals surface area contributed by atoms with E-state index in [1.165, 1.54) is 18.2 Å². The van der Waals surface area contributed by atoms with E-state index in [0.29, 0.717) is 5.56 Å². The third-order valence-corrected chi connectivity index (χ3v) is 4.91. The zero-order valence-corrected chi connectivity index (χ0v) is 11.8. The van der Waals surface area contributed by atoms with Crippen LogP contribution in [0, 0.1) is 5.82 Å². The standard InChI is InChI=1S/C16H12FNO2S/c17-14-5-1-2-6-16(14)21(19,20)11-12-7-8-15-13(10-12)4-3-9-18-15/h1-10H,11H2. The van der Waals surface area contributed by atoms with Crippen LogP contribution in [0.15, 0.2) is 65.7 Å². The Labute approximate surface area is 122 Å². The minimum atomic E-state index is -3.71. The average Bonchev–Trinajstić information content (AvgIpc) is 2.47. The molecule has 106 valence electrons. The smallest absolute Gasteiger partial charge is 0.185 e. The Morgan fingerprint density at radius 3 is 2.62 bits per heavy atom. The van der Waals surface area contributed by atoms with Crippen molar-refractivity contribution in [2.24, 2.45) is 0 Å². The molecule has 1 heterocycles. The maximum Gasteiger partial charge on any atom is 0.185 e. The summed E-state index contributed by atoms with van der Waals surface area (Å²) in [5.41, 5.74) is 1.41. The van der Waals surface area contributed by atoms with Gasteiger partial charge in [-0.3, -0.25) is 4.98 Å². The Morgan fingerprint density at radius 2 is 1.81 bits per heavy atom. The fourth-order valence-electron chi connectivity index (χ4n) is 2.21. The molecule has 3 rings (SSSR count). The van der Waals surface area contributed by atoms with Crippen LogP contribution in [0.3, 0.4) is 0 Å². The van der Waals surface area contributed by atoms with Crippen LogP contribution in [0.1, 0.15) is 5.56 Å². The van der Waals surface area contributed by atoms with Crippen LogP contribution in [-0.4, -0.2) is 13.4 Å². The van der Waals surface area contributed by atoms with Gasteiger partial charge in [-0.2, -0.15) is 0 Å². The van der Waals surface area contributed by atoms with Gasteiger partial charge >= 0.3 is 0 Å². The molecule has 0 spiro atoms. The Hall–Kier alpha value is -2.27. The zero-order chi connectivity index (χ0) is 14.9. The van der Waals surface area contributed by atoms with Crippen LogP contribution in [0.5, 0.6) is 0 Å². The van der Waals surface area contributed by atoms with Crippen LogP contribution < -0.4 is 0 Å². The van der Waals surface area contributed by atoms with Crippen molar-refractivity contribution in [1.82, 2.24) is 4.98 Å². The van der Waals surface area contributed by atoms with Gasteiger partial charge in [0.05, 0.1) is 11.3 Å². The summed E-state index contributed by atoms with van der Waals surface area (Å²) in [5, 5.41) is 0.860. The van der Waals surface area contributed by atoms with Crippen molar-refractivity contribution in [3.05, 3.63) is 72.2 Å². The van der Waals surface area contributed by atoms with Crippen molar-refractivity contribution >= 4 is 20.7 Å². The van der Waals surface area contributed by atoms with E-state index in [-0.39, 0.29) is 10.6 Å². The summed E-state index contributed by atoms with van der Waals surface area (Å²) in [7, 11) is -3.71. The van der Waals surface area contributed by atoms with Gasteiger partial charge in [0.25, 0.3) is 0 Å². The number of benzene rings is 2. The van der Waals surface area contributed by atoms with Gasteiger partial charge in [-0.25, -0.2) is 12.8 Å². The average molecular weight is 301 g/mol. The summed E-state index contributed by atoms with van der Waals surface area (Å²) in [6, 6.07) is 14.3. The molecule has 0 radical (unpaired) electrons. The first kappa shape index (κ1) is 13.7. The van der Waals surface area contributed by atoms with Crippen LogP contribution in [0.4, 0.5) is 4.39 Å². The normalized spacial score (nSPS) is 11.7. The monoisotopic (exact) mass is 301 g/mol. The Balaban J connectivity index is 1.99. The van der Waals surface area contributed by atoms with E-state index in [1.54, 1.807) is 30.5 Å². The molecule has 5 heteroatoms. The number of sulfone groups is 1. The second-order valence-corrected chi connectivity index (χ2v) is 6.68. The quantitative estimate of drug-likeness (QED) is 0.745. The lowest BCUT2D eigenvalue weighted by Crippen LogP contribution is -2.07. The van der Waals surface area contributed by atoms with Gasteiger partial charge in [-0.05, 0) is 35.9 Å². The lowest BCUT2D eigenvalue weighted by molar-refractivity contribution is 0.566. The maximum atomic E-state index is 13.7. The number of pyridine rings is 1. The Bertz CT molecular complexity index is 907. The number of rotatable bonds is 3. The van der Waals surface area contributed by atoms with Crippen molar-refractivity contribution in [2.75, 3.05) is 0 Å². The van der Waals surface area contributed by atoms with E-state index in [4.69, 9.17) is 0 Å². The summed E-state index contributed by atoms with van der Waals surface area (Å²) in [6.07, 6.45) is 1.68. The zero-order valence-electron chi connectivity index (χ0n) is 11.0. The number of aromatic nitrogens is 1. The highest BCUT2D eigenvalue weighted by molar-refractivity contribution is 7.90. The first-order valence-electron chi connectivity index (χ1n) is 6.37. The summed E-state index contributed by atoms with van der Waals surface area (Å²) in [6.45, 7) is 0. The molecule has 3 nitrogen and oxygen atoms in total. The van der Waals surface area contributed by atoms with Crippen molar-refractivity contribution in [3.8, 4) is 0 Å². The van der Waals surface area contributed by atoms with Crippen molar-refractivity contribution in [3.63, 3.8) is 0 Å². The van der Waals surface area contributed by atoms with Crippen LogP contribution in [0.25, 0.3) is 10.9 Å². The summed E-state index contributed by atoms with van der Waals surface area (Å²) in [4.78, 5) is 3.91. The Kier molecular flexibility index (Phi) is 3.43. The molecular weight excluding hydrogens is 289 g/mol. The lowest BCUT2D eigenvalue weighted by Gasteiger charge is -2.06. The van der Waals surface area contributed by atoms with Crippen LogP contribution in [-0.2, 0) is 15.6 Å². The minimum absolute atomic E-state index is 0.237. The molecule has 21 heavy (non-hydrogen) atoms. The van der Waals surface area contributed by atoms with E-state index in [2.05, 4.69) is 4.98 Å². The Morgan fingerprint density at radius 1 is 1.00 bits per heavy atom. The first-order chi connectivity index (χ1) is 10.1. The molecule has 0 fully saturated rings. The van der Waals surface area contributed by atoms with Crippen molar-refractivity contribution < 1.29 is 12.8 Å². The first-order valence-corrected chi connectivity index (χ1v) is 8.02. The number of fused-ring (bicyclic) bond motifs is 1. The molecule has 3 aromatic rings. The number of hydrogen-bond donors (Lipinski definition) is 0. The van der Waals surface area contributed by atoms with Gasteiger partial charge in [0.2, 0.25) is 0 Å². The summed E-state index contributed by atoms with van der Waals surface area (Å²) >= 11 is 0. The molecule has 0 aliphatic carbocycles. The van der Waals surface area contributed by atoms with E-state index in [0.717, 1.165) is 17.0 Å². The highest BCUT2D eigenvalue weighted by atomic mass is 32.2. The van der Waals surface area contributed by atoms with Gasteiger partial charge in [0.15, 0.2) is 9.84 Å². The minimum Gasteiger partial charge on any atom is -0.256 e. The summed E-state index contributed by atoms with van der Waals surface area (Å²) < 4.78 is 38.3. The fourth-order valence-corrected chi connectivity index (χ4v) is 3.63. The predicted octanol–water partition coefficient (Wildman–Crippen LogP) is 3.35. The molecule has 0 N–H and O–H groups in total. The highest BCUT2D eigenvalue weighted by Gasteiger charge is 2.19. The third-order valence-electron chi connectivity index (χ3n) is 3.20. The van der Waals surface area contributed by atoms with Crippen molar-refractivity contribution in [2.45, 2.75) is 10.6 Å². The molecule has 2 aromatic carbocycles. The van der Waals surface area contributed by atoms with E-state index in [9.17, 15) is 12.8 Å². The van der Waals surface area contributed by atoms with Crippen LogP contribution >= 0.6 is 0 Å². The third kappa shape index (κ3) is 2.78. The topological polar surface area (TPSA) is 47.0 Å². The molecular formula is C16H12FNO2S. The van der Waals surface area contributed by atoms with Gasteiger partial charge in [-0.1, -0.05) is 24.3 Å². The molecule has 0 saturated carbocycles. The molecule has 0 aliphatic heterocycles. The lowest BCUT2D eigenvalue weighted by atomic mass is 10.1. The largest absolute Gasteiger partial charge is 0.256 e. The molecule has 0 unspecified atom stereocenters. The van der Waals surface area contributed by atoms with Crippen LogP contribution in [0.2, 0.25) is 0 Å². The molecule has 0 bridgehead atoms. The number of halogens is 1. The second kappa shape index (κ2) is 5.26. The van der Waals surface area contributed by atoms with Gasteiger partial charge < -0.3 is 0 Å². The van der Waals surface area contributed by atoms with Gasteiger partial charge in [0.1, 0.15) is 10.7 Å². The molecule has 0 amide bonds. The SMILES string of the molecule is O=S(=O)(Cc1ccc2ncccc2c1)c1ccccc1F. The van der Waals surface area contributed by atoms with E-state index < -0.39 is 15.7 Å². The maximum absolute atomic E-state index is 13.7. The van der Waals surface area contributed by atoms with E-state index >= 15 is 0 Å². The molecule has 1 aromatic heterocycles. The fraction of sp³-hybridized carbons (Fsp3) is 0.0625. The van der Waals surface area contributed by atoms with Gasteiger partial charge in [0, 0.05) is 11.6 Å². The predicted molar refractivity (Wildman–Crippen MR) is 79.0 cm³/mol. The number of nitrogens with zero attached hydrogens (tertiary/aromatic N) is 1. The summed E-state index contributed by atoms with van der Waals surface area (Å²) in [5.74, 6) is -0.960.